The molecule has 0 aliphatic carbocycles. The third-order valence-corrected chi connectivity index (χ3v) is 6.13. The smallest absolute Gasteiger partial charge is 0.250 e. The molecule has 2 N–H and O–H groups in total. The van der Waals surface area contributed by atoms with Crippen molar-refractivity contribution in [1.82, 2.24) is 0 Å². The largest absolute Gasteiger partial charge is 0.366 e. The van der Waals surface area contributed by atoms with Crippen LogP contribution >= 0.6 is 0 Å². The topological polar surface area (TPSA) is 77.2 Å². The van der Waals surface area contributed by atoms with Crippen LogP contribution in [0.4, 0.5) is 4.39 Å². The highest BCUT2D eigenvalue weighted by Crippen LogP contribution is 2.26. The van der Waals surface area contributed by atoms with Gasteiger partial charge in [0.2, 0.25) is 15.7 Å². The molecule has 0 saturated heterocycles. The predicted molar refractivity (Wildman–Crippen MR) is 107 cm³/mol. The normalized spacial score (nSPS) is 11.6. The summed E-state index contributed by atoms with van der Waals surface area (Å²) in [4.78, 5) is 11.6. The van der Waals surface area contributed by atoms with E-state index in [1.165, 1.54) is 30.3 Å². The van der Waals surface area contributed by atoms with Gasteiger partial charge in [-0.25, -0.2) is 12.8 Å². The number of sulfone groups is 1. The lowest BCUT2D eigenvalue weighted by atomic mass is 10.1. The SMILES string of the molecule is Cc1cc(S(=O)(=O)c2ccccc2C(N)=O)ccc1/C=C/c1ccc(F)cc1. The van der Waals surface area contributed by atoms with Crippen LogP contribution in [0.15, 0.2) is 76.5 Å². The summed E-state index contributed by atoms with van der Waals surface area (Å²) in [6.07, 6.45) is 3.65. The Hall–Kier alpha value is -3.25. The maximum Gasteiger partial charge on any atom is 0.250 e. The number of hydrogen-bond donors (Lipinski definition) is 1. The minimum atomic E-state index is -3.89. The van der Waals surface area contributed by atoms with Gasteiger partial charge >= 0.3 is 0 Å². The highest BCUT2D eigenvalue weighted by molar-refractivity contribution is 7.91. The Kier molecular flexibility index (Phi) is 5.42. The second-order valence-electron chi connectivity index (χ2n) is 6.27. The summed E-state index contributed by atoms with van der Waals surface area (Å²) in [5.41, 5.74) is 7.67. The molecule has 0 atom stereocenters. The predicted octanol–water partition coefficient (Wildman–Crippen LogP) is 4.24. The second kappa shape index (κ2) is 7.78. The van der Waals surface area contributed by atoms with E-state index >= 15 is 0 Å². The molecule has 3 aromatic carbocycles. The molecule has 0 aliphatic heterocycles. The lowest BCUT2D eigenvalue weighted by Gasteiger charge is -2.10. The fraction of sp³-hybridized carbons (Fsp3) is 0.0455. The molecule has 0 bridgehead atoms. The first-order valence-electron chi connectivity index (χ1n) is 8.47. The van der Waals surface area contributed by atoms with E-state index in [4.69, 9.17) is 5.73 Å². The molecule has 6 heteroatoms. The van der Waals surface area contributed by atoms with Gasteiger partial charge in [-0.3, -0.25) is 4.79 Å². The zero-order valence-electron chi connectivity index (χ0n) is 15.1. The third kappa shape index (κ3) is 4.02. The molecule has 0 aliphatic rings. The van der Waals surface area contributed by atoms with Gasteiger partial charge in [0.05, 0.1) is 15.4 Å². The van der Waals surface area contributed by atoms with Crippen LogP contribution in [0.25, 0.3) is 12.2 Å². The summed E-state index contributed by atoms with van der Waals surface area (Å²) >= 11 is 0. The van der Waals surface area contributed by atoms with Crippen molar-refractivity contribution < 1.29 is 17.6 Å². The molecule has 0 spiro atoms. The van der Waals surface area contributed by atoms with Crippen LogP contribution in [0.5, 0.6) is 0 Å². The van der Waals surface area contributed by atoms with Gasteiger partial charge in [0, 0.05) is 0 Å². The quantitative estimate of drug-likeness (QED) is 0.657. The summed E-state index contributed by atoms with van der Waals surface area (Å²) in [6.45, 7) is 1.79. The van der Waals surface area contributed by atoms with Gasteiger partial charge in [0.25, 0.3) is 0 Å². The minimum Gasteiger partial charge on any atom is -0.366 e. The van der Waals surface area contributed by atoms with Crippen molar-refractivity contribution in [2.45, 2.75) is 16.7 Å². The Balaban J connectivity index is 1.96. The Labute approximate surface area is 163 Å². The van der Waals surface area contributed by atoms with Crippen LogP contribution in [0.1, 0.15) is 27.0 Å². The van der Waals surface area contributed by atoms with Gasteiger partial charge in [0.1, 0.15) is 5.82 Å². The number of carbonyl (C=O) groups excluding carboxylic acids is 1. The molecule has 3 aromatic rings. The molecule has 0 unspecified atom stereocenters. The fourth-order valence-electron chi connectivity index (χ4n) is 2.79. The maximum atomic E-state index is 13.0. The van der Waals surface area contributed by atoms with Crippen molar-refractivity contribution in [3.63, 3.8) is 0 Å². The summed E-state index contributed by atoms with van der Waals surface area (Å²) in [7, 11) is -3.89. The van der Waals surface area contributed by atoms with E-state index in [1.807, 2.05) is 12.2 Å². The monoisotopic (exact) mass is 395 g/mol. The maximum absolute atomic E-state index is 13.0. The molecule has 3 rings (SSSR count). The zero-order chi connectivity index (χ0) is 20.3. The number of rotatable bonds is 5. The van der Waals surface area contributed by atoms with Crippen molar-refractivity contribution in [1.29, 1.82) is 0 Å². The number of halogens is 1. The van der Waals surface area contributed by atoms with Crippen LogP contribution in [-0.2, 0) is 9.84 Å². The summed E-state index contributed by atoms with van der Waals surface area (Å²) < 4.78 is 38.9. The summed E-state index contributed by atoms with van der Waals surface area (Å²) in [5, 5.41) is 0. The van der Waals surface area contributed by atoms with Gasteiger partial charge in [0.15, 0.2) is 0 Å². The van der Waals surface area contributed by atoms with Crippen molar-refractivity contribution in [3.8, 4) is 0 Å². The van der Waals surface area contributed by atoms with E-state index in [0.717, 1.165) is 16.7 Å². The van der Waals surface area contributed by atoms with Crippen LogP contribution < -0.4 is 5.73 Å². The van der Waals surface area contributed by atoms with Gasteiger partial charge < -0.3 is 5.73 Å². The molecule has 0 saturated carbocycles. The van der Waals surface area contributed by atoms with Crippen molar-refractivity contribution in [2.75, 3.05) is 0 Å². The number of aryl methyl sites for hydroxylation is 1. The number of primary amides is 1. The third-order valence-electron chi connectivity index (χ3n) is 4.32. The molecule has 0 aromatic heterocycles. The number of amides is 1. The van der Waals surface area contributed by atoms with Gasteiger partial charge in [-0.1, -0.05) is 42.5 Å². The van der Waals surface area contributed by atoms with E-state index in [-0.39, 0.29) is 21.2 Å². The van der Waals surface area contributed by atoms with Crippen LogP contribution in [-0.4, -0.2) is 14.3 Å². The van der Waals surface area contributed by atoms with E-state index in [9.17, 15) is 17.6 Å². The average Bonchev–Trinajstić information content (AvgIpc) is 2.68. The van der Waals surface area contributed by atoms with Crippen LogP contribution in [0, 0.1) is 12.7 Å². The number of carbonyl (C=O) groups is 1. The Morgan fingerprint density at radius 3 is 2.29 bits per heavy atom. The lowest BCUT2D eigenvalue weighted by molar-refractivity contribution is 0.0997. The first kappa shape index (κ1) is 19.5. The molecule has 0 heterocycles. The Morgan fingerprint density at radius 1 is 0.964 bits per heavy atom. The first-order valence-corrected chi connectivity index (χ1v) is 9.95. The van der Waals surface area contributed by atoms with Crippen molar-refractivity contribution in [3.05, 3.63) is 94.8 Å². The Bertz CT molecular complexity index is 1170. The minimum absolute atomic E-state index is 0.0413. The molecule has 0 radical (unpaired) electrons. The van der Waals surface area contributed by atoms with Gasteiger partial charge in [-0.05, 0) is 60.0 Å². The molecule has 4 nitrogen and oxygen atoms in total. The van der Waals surface area contributed by atoms with Crippen LogP contribution in [0.2, 0.25) is 0 Å². The molecule has 1 amide bonds. The summed E-state index contributed by atoms with van der Waals surface area (Å²) in [6, 6.07) is 16.7. The molecule has 142 valence electrons. The highest BCUT2D eigenvalue weighted by atomic mass is 32.2. The van der Waals surface area contributed by atoms with Gasteiger partial charge in [-0.2, -0.15) is 0 Å². The van der Waals surface area contributed by atoms with E-state index in [2.05, 4.69) is 0 Å². The van der Waals surface area contributed by atoms with E-state index < -0.39 is 15.7 Å². The lowest BCUT2D eigenvalue weighted by Crippen LogP contribution is -2.16. The van der Waals surface area contributed by atoms with Crippen molar-refractivity contribution >= 4 is 27.9 Å². The van der Waals surface area contributed by atoms with Crippen LogP contribution in [0.3, 0.4) is 0 Å². The van der Waals surface area contributed by atoms with E-state index in [1.54, 1.807) is 43.3 Å². The second-order valence-corrected chi connectivity index (χ2v) is 8.19. The number of nitrogens with two attached hydrogens (primary N) is 1. The molecular formula is C22H18FNO3S. The highest BCUT2D eigenvalue weighted by Gasteiger charge is 2.23. The Morgan fingerprint density at radius 2 is 1.64 bits per heavy atom. The zero-order valence-corrected chi connectivity index (χ0v) is 15.9. The molecule has 0 fully saturated rings. The first-order chi connectivity index (χ1) is 13.3. The number of benzene rings is 3. The average molecular weight is 395 g/mol. The summed E-state index contributed by atoms with van der Waals surface area (Å²) in [5.74, 6) is -1.10. The van der Waals surface area contributed by atoms with Gasteiger partial charge in [-0.15, -0.1) is 0 Å². The van der Waals surface area contributed by atoms with E-state index in [0.29, 0.717) is 0 Å². The standard InChI is InChI=1S/C22H18FNO3S/c1-15-14-19(28(26,27)21-5-3-2-4-20(21)22(24)25)13-10-17(15)9-6-16-7-11-18(23)12-8-16/h2-14H,1H3,(H2,24,25)/b9-6+. The fourth-order valence-corrected chi connectivity index (χ4v) is 4.34. The van der Waals surface area contributed by atoms with Crippen molar-refractivity contribution in [2.24, 2.45) is 5.73 Å². The molecular weight excluding hydrogens is 377 g/mol. The number of hydrogen-bond acceptors (Lipinski definition) is 3. The molecule has 28 heavy (non-hydrogen) atoms.